The number of aromatic nitrogens is 3. The third-order valence-electron chi connectivity index (χ3n) is 17.4. The molecule has 1 aliphatic heterocycles. The molecule has 4 nitrogen and oxygen atoms in total. The Morgan fingerprint density at radius 1 is 0.474 bits per heavy atom. The first kappa shape index (κ1) is 43.5. The Morgan fingerprint density at radius 3 is 1.96 bits per heavy atom. The molecule has 6 aliphatic rings. The molecule has 0 fully saturated rings. The SMILES string of the molecule is C1=CCC(n2c3ccccc3c3cc(-c4ccc5c(c4)c4c(n5-c5ccccc5)CCC(C5=CCC6C(=C5)c5cc(-c7ccc8c(c7)c7c(n8-c8ccccc8)C=CCC7)ccc5N6C5=CCCC=C5)=C4)ccc32)C=C1. The normalized spacial score (nSPS) is 18.4. The summed E-state index contributed by atoms with van der Waals surface area (Å²) in [6, 6.07) is 60.2. The number of hydrogen-bond donors (Lipinski definition) is 0. The number of aryl methyl sites for hydroxylation is 1. The molecule has 5 aliphatic carbocycles. The smallest absolute Gasteiger partial charge is 0.0633 e. The van der Waals surface area contributed by atoms with Crippen molar-refractivity contribution in [3.8, 4) is 33.6 Å². The van der Waals surface area contributed by atoms with Gasteiger partial charge in [0.25, 0.3) is 0 Å². The van der Waals surface area contributed by atoms with Gasteiger partial charge < -0.3 is 18.6 Å². The summed E-state index contributed by atoms with van der Waals surface area (Å²) < 4.78 is 7.53. The Balaban J connectivity index is 0.807. The molecule has 7 aromatic carbocycles. The summed E-state index contributed by atoms with van der Waals surface area (Å²) in [6.45, 7) is 0. The van der Waals surface area contributed by atoms with Crippen molar-refractivity contribution >= 4 is 67.0 Å². The van der Waals surface area contributed by atoms with E-state index in [4.69, 9.17) is 0 Å². The molecular formula is C72H56N4. The van der Waals surface area contributed by atoms with Crippen LogP contribution >= 0.6 is 0 Å². The van der Waals surface area contributed by atoms with E-state index in [9.17, 15) is 0 Å². The first-order valence-electron chi connectivity index (χ1n) is 27.6. The van der Waals surface area contributed by atoms with Crippen LogP contribution in [-0.4, -0.2) is 19.7 Å². The molecule has 16 rings (SSSR count). The number of para-hydroxylation sites is 3. The van der Waals surface area contributed by atoms with E-state index >= 15 is 0 Å². The summed E-state index contributed by atoms with van der Waals surface area (Å²) in [7, 11) is 0. The zero-order valence-electron chi connectivity index (χ0n) is 42.5. The summed E-state index contributed by atoms with van der Waals surface area (Å²) in [5, 5.41) is 5.29. The summed E-state index contributed by atoms with van der Waals surface area (Å²) in [4.78, 5) is 2.64. The lowest BCUT2D eigenvalue weighted by atomic mass is 9.84. The fraction of sp³-hybridized carbons (Fsp3) is 0.139. The largest absolute Gasteiger partial charge is 0.333 e. The molecule has 4 heteroatoms. The van der Waals surface area contributed by atoms with Crippen LogP contribution in [-0.2, 0) is 12.8 Å². The van der Waals surface area contributed by atoms with Crippen LogP contribution < -0.4 is 4.90 Å². The second-order valence-corrected chi connectivity index (χ2v) is 21.6. The zero-order chi connectivity index (χ0) is 49.8. The molecule has 10 aromatic rings. The van der Waals surface area contributed by atoms with Gasteiger partial charge in [-0.15, -0.1) is 0 Å². The molecule has 0 bridgehead atoms. The van der Waals surface area contributed by atoms with E-state index in [1.807, 2.05) is 0 Å². The molecule has 0 radical (unpaired) electrons. The molecule has 2 atom stereocenters. The summed E-state index contributed by atoms with van der Waals surface area (Å²) in [5.41, 5.74) is 26.3. The first-order chi connectivity index (χ1) is 37.7. The van der Waals surface area contributed by atoms with E-state index in [-0.39, 0.29) is 6.04 Å². The van der Waals surface area contributed by atoms with Crippen LogP contribution in [0.4, 0.5) is 5.69 Å². The van der Waals surface area contributed by atoms with E-state index in [1.54, 1.807) is 0 Å². The lowest BCUT2D eigenvalue weighted by molar-refractivity contribution is 0.648. The molecule has 0 amide bonds. The highest BCUT2D eigenvalue weighted by atomic mass is 15.2. The molecule has 0 saturated carbocycles. The average molecular weight is 977 g/mol. The van der Waals surface area contributed by atoms with E-state index in [1.165, 1.54) is 133 Å². The van der Waals surface area contributed by atoms with Crippen molar-refractivity contribution in [3.05, 3.63) is 263 Å². The van der Waals surface area contributed by atoms with Gasteiger partial charge in [-0.25, -0.2) is 0 Å². The van der Waals surface area contributed by atoms with Crippen molar-refractivity contribution in [1.29, 1.82) is 0 Å². The van der Waals surface area contributed by atoms with Crippen LogP contribution in [0.5, 0.6) is 0 Å². The van der Waals surface area contributed by atoms with Gasteiger partial charge in [0.1, 0.15) is 0 Å². The number of rotatable bonds is 7. The molecule has 4 heterocycles. The standard InChI is InChI=1S/C72H56N4/c1-5-17-53(18-6-1)73-65-27-15-13-25-57(65)59-41-47(29-35-67(59)73)49-31-37-69-61(43-49)63-45-51(33-39-71(63)75(69)55-21-9-3-10-22-55)52-34-40-72-64(46-52)62-44-50(32-38-70(62)76(72)56-23-11-4-12-24-56)48-30-36-68-60(42-48)58-26-14-16-28-66(58)74(68)54-19-7-2-8-20-54/h1-3,5-11,13,15-17,19-25,27-32,34-38,41-46,53,72H,4,12,14,18,26,33,39-40H2. The van der Waals surface area contributed by atoms with Crippen molar-refractivity contribution in [3.63, 3.8) is 0 Å². The van der Waals surface area contributed by atoms with Crippen molar-refractivity contribution in [2.24, 2.45) is 0 Å². The van der Waals surface area contributed by atoms with Crippen molar-refractivity contribution in [1.82, 2.24) is 13.7 Å². The summed E-state index contributed by atoms with van der Waals surface area (Å²) in [5.74, 6) is 0. The van der Waals surface area contributed by atoms with Gasteiger partial charge in [-0.05, 0) is 199 Å². The molecule has 3 aromatic heterocycles. The Labute approximate surface area is 443 Å². The molecule has 76 heavy (non-hydrogen) atoms. The predicted molar refractivity (Wildman–Crippen MR) is 319 cm³/mol. The van der Waals surface area contributed by atoms with Crippen LogP contribution in [0.2, 0.25) is 0 Å². The molecule has 0 N–H and O–H groups in total. The lowest BCUT2D eigenvalue weighted by Crippen LogP contribution is -2.31. The first-order valence-corrected chi connectivity index (χ1v) is 27.6. The minimum absolute atomic E-state index is 0.244. The topological polar surface area (TPSA) is 18.0 Å². The van der Waals surface area contributed by atoms with E-state index in [0.717, 1.165) is 51.4 Å². The zero-order valence-corrected chi connectivity index (χ0v) is 42.5. The number of allylic oxidation sites excluding steroid dienone is 11. The average Bonchev–Trinajstić information content (AvgIpc) is 4.25. The van der Waals surface area contributed by atoms with Crippen LogP contribution in [0.15, 0.2) is 235 Å². The van der Waals surface area contributed by atoms with Gasteiger partial charge in [-0.1, -0.05) is 127 Å². The maximum atomic E-state index is 2.64. The molecule has 2 unspecified atom stereocenters. The van der Waals surface area contributed by atoms with E-state index in [2.05, 4.69) is 249 Å². The second kappa shape index (κ2) is 17.4. The van der Waals surface area contributed by atoms with Crippen molar-refractivity contribution in [2.75, 3.05) is 4.90 Å². The number of hydrogen-bond acceptors (Lipinski definition) is 1. The minimum Gasteiger partial charge on any atom is -0.333 e. The molecule has 0 spiro atoms. The Morgan fingerprint density at radius 2 is 1.17 bits per heavy atom. The van der Waals surface area contributed by atoms with Crippen LogP contribution in [0.3, 0.4) is 0 Å². The quantitative estimate of drug-likeness (QED) is 0.156. The van der Waals surface area contributed by atoms with Gasteiger partial charge in [0.15, 0.2) is 0 Å². The van der Waals surface area contributed by atoms with Crippen molar-refractivity contribution < 1.29 is 0 Å². The fourth-order valence-corrected chi connectivity index (χ4v) is 14.0. The maximum Gasteiger partial charge on any atom is 0.0633 e. The molecular weight excluding hydrogens is 921 g/mol. The Hall–Kier alpha value is -8.86. The monoisotopic (exact) mass is 976 g/mol. The van der Waals surface area contributed by atoms with Gasteiger partial charge in [-0.3, -0.25) is 0 Å². The highest BCUT2D eigenvalue weighted by Gasteiger charge is 2.38. The van der Waals surface area contributed by atoms with Crippen LogP contribution in [0, 0.1) is 0 Å². The fourth-order valence-electron chi connectivity index (χ4n) is 14.0. The number of benzene rings is 7. The predicted octanol–water partition coefficient (Wildman–Crippen LogP) is 18.2. The minimum atomic E-state index is 0.244. The molecule has 0 saturated heterocycles. The molecule has 364 valence electrons. The highest BCUT2D eigenvalue weighted by molar-refractivity contribution is 6.10. The number of anilines is 1. The Bertz CT molecular complexity index is 4340. The van der Waals surface area contributed by atoms with E-state index in [0.29, 0.717) is 6.04 Å². The van der Waals surface area contributed by atoms with Crippen LogP contribution in [0.25, 0.3) is 95.0 Å². The van der Waals surface area contributed by atoms with Gasteiger partial charge in [-0.2, -0.15) is 0 Å². The van der Waals surface area contributed by atoms with Gasteiger partial charge in [0, 0.05) is 77.9 Å². The van der Waals surface area contributed by atoms with Gasteiger partial charge >= 0.3 is 0 Å². The maximum absolute atomic E-state index is 2.64. The van der Waals surface area contributed by atoms with Gasteiger partial charge in [0.05, 0.1) is 23.1 Å². The van der Waals surface area contributed by atoms with Crippen LogP contribution in [0.1, 0.15) is 72.6 Å². The third-order valence-corrected chi connectivity index (χ3v) is 17.4. The Kier molecular flexibility index (Phi) is 9.94. The van der Waals surface area contributed by atoms with E-state index < -0.39 is 0 Å². The van der Waals surface area contributed by atoms with Gasteiger partial charge in [0.2, 0.25) is 0 Å². The number of fused-ring (bicyclic) bond motifs is 12. The highest BCUT2D eigenvalue weighted by Crippen LogP contribution is 2.50. The van der Waals surface area contributed by atoms with Crippen molar-refractivity contribution in [2.45, 2.75) is 63.5 Å². The summed E-state index contributed by atoms with van der Waals surface area (Å²) in [6.07, 6.45) is 36.7. The summed E-state index contributed by atoms with van der Waals surface area (Å²) >= 11 is 0. The lowest BCUT2D eigenvalue weighted by Gasteiger charge is -2.31. The number of nitrogens with zero attached hydrogens (tertiary/aromatic N) is 4. The second-order valence-electron chi connectivity index (χ2n) is 21.6. The third kappa shape index (κ3) is 6.76.